The number of benzene rings is 1. The van der Waals surface area contributed by atoms with Crippen molar-refractivity contribution in [1.82, 2.24) is 9.80 Å². The fourth-order valence-electron chi connectivity index (χ4n) is 3.80. The Balaban J connectivity index is 1.65. The van der Waals surface area contributed by atoms with Gasteiger partial charge in [0.25, 0.3) is 5.17 Å². The Bertz CT molecular complexity index is 516. The summed E-state index contributed by atoms with van der Waals surface area (Å²) in [5.74, 6) is 0. The zero-order valence-corrected chi connectivity index (χ0v) is 14.7. The SMILES string of the molecule is C[C@@H](CCN)N1CCC(N2C(=S)OC[C@H]2c2ccccc2)CC1. The number of rotatable bonds is 5. The highest BCUT2D eigenvalue weighted by atomic mass is 32.1. The number of ether oxygens (including phenoxy) is 1. The van der Waals surface area contributed by atoms with Crippen LogP contribution in [0.4, 0.5) is 0 Å². The summed E-state index contributed by atoms with van der Waals surface area (Å²) in [5.41, 5.74) is 6.99. The van der Waals surface area contributed by atoms with Crippen molar-refractivity contribution in [2.75, 3.05) is 26.2 Å². The van der Waals surface area contributed by atoms with Crippen molar-refractivity contribution in [3.63, 3.8) is 0 Å². The molecule has 2 heterocycles. The maximum atomic E-state index is 5.73. The van der Waals surface area contributed by atoms with Crippen LogP contribution in [-0.2, 0) is 4.74 Å². The monoisotopic (exact) mass is 333 g/mol. The molecular weight excluding hydrogens is 306 g/mol. The number of nitrogens with two attached hydrogens (primary N) is 1. The van der Waals surface area contributed by atoms with Gasteiger partial charge >= 0.3 is 0 Å². The summed E-state index contributed by atoms with van der Waals surface area (Å²) < 4.78 is 5.73. The lowest BCUT2D eigenvalue weighted by molar-refractivity contribution is 0.109. The van der Waals surface area contributed by atoms with Gasteiger partial charge in [-0.3, -0.25) is 0 Å². The molecule has 2 N–H and O–H groups in total. The highest BCUT2D eigenvalue weighted by Crippen LogP contribution is 2.33. The molecule has 0 spiro atoms. The van der Waals surface area contributed by atoms with Gasteiger partial charge in [-0.05, 0) is 50.5 Å². The van der Waals surface area contributed by atoms with E-state index in [0.717, 1.165) is 38.9 Å². The van der Waals surface area contributed by atoms with Crippen LogP contribution in [0.5, 0.6) is 0 Å². The van der Waals surface area contributed by atoms with Crippen LogP contribution < -0.4 is 5.73 Å². The molecule has 0 radical (unpaired) electrons. The number of nitrogens with zero attached hydrogens (tertiary/aromatic N) is 2. The van der Waals surface area contributed by atoms with Crippen molar-refractivity contribution in [2.45, 2.75) is 44.3 Å². The van der Waals surface area contributed by atoms with Gasteiger partial charge in [-0.25, -0.2) is 0 Å². The molecule has 2 fully saturated rings. The zero-order chi connectivity index (χ0) is 16.2. The molecule has 4 nitrogen and oxygen atoms in total. The second kappa shape index (κ2) is 7.60. The Kier molecular flexibility index (Phi) is 5.51. The van der Waals surface area contributed by atoms with E-state index in [1.54, 1.807) is 0 Å². The van der Waals surface area contributed by atoms with Crippen LogP contribution in [-0.4, -0.2) is 53.3 Å². The minimum absolute atomic E-state index is 0.265. The first-order chi connectivity index (χ1) is 11.2. The molecule has 1 aromatic rings. The molecule has 126 valence electrons. The van der Waals surface area contributed by atoms with Crippen LogP contribution >= 0.6 is 12.2 Å². The molecular formula is C18H27N3OS. The number of hydrogen-bond donors (Lipinski definition) is 1. The van der Waals surface area contributed by atoms with Crippen molar-refractivity contribution in [2.24, 2.45) is 5.73 Å². The molecule has 0 aliphatic carbocycles. The van der Waals surface area contributed by atoms with Crippen LogP contribution in [0.1, 0.15) is 37.8 Å². The topological polar surface area (TPSA) is 41.7 Å². The van der Waals surface area contributed by atoms with Crippen LogP contribution in [0.25, 0.3) is 0 Å². The third kappa shape index (κ3) is 3.67. The van der Waals surface area contributed by atoms with E-state index in [2.05, 4.69) is 47.1 Å². The van der Waals surface area contributed by atoms with Crippen LogP contribution in [0, 0.1) is 0 Å². The van der Waals surface area contributed by atoms with E-state index in [4.69, 9.17) is 22.7 Å². The molecule has 2 saturated heterocycles. The Morgan fingerprint density at radius 3 is 2.61 bits per heavy atom. The summed E-state index contributed by atoms with van der Waals surface area (Å²) in [6.45, 7) is 5.95. The standard InChI is InChI=1S/C18H27N3OS/c1-14(7-10-19)20-11-8-16(9-12-20)21-17(13-22-18(21)23)15-5-3-2-4-6-15/h2-6,14,16-17H,7-13,19H2,1H3/t14-,17-/m0/s1. The van der Waals surface area contributed by atoms with Crippen molar-refractivity contribution in [1.29, 1.82) is 0 Å². The molecule has 2 atom stereocenters. The minimum atomic E-state index is 0.265. The zero-order valence-electron chi connectivity index (χ0n) is 13.9. The van der Waals surface area contributed by atoms with Crippen molar-refractivity contribution in [3.8, 4) is 0 Å². The van der Waals surface area contributed by atoms with E-state index >= 15 is 0 Å². The van der Waals surface area contributed by atoms with E-state index in [0.29, 0.717) is 23.9 Å². The van der Waals surface area contributed by atoms with Gasteiger partial charge in [0.2, 0.25) is 0 Å². The molecule has 2 aliphatic heterocycles. The first-order valence-corrected chi connectivity index (χ1v) is 9.05. The molecule has 0 aromatic heterocycles. The van der Waals surface area contributed by atoms with Crippen LogP contribution in [0.2, 0.25) is 0 Å². The molecule has 0 unspecified atom stereocenters. The van der Waals surface area contributed by atoms with Crippen LogP contribution in [0.15, 0.2) is 30.3 Å². The van der Waals surface area contributed by atoms with Crippen molar-refractivity contribution < 1.29 is 4.74 Å². The summed E-state index contributed by atoms with van der Waals surface area (Å²) in [5, 5.41) is 0.673. The fraction of sp³-hybridized carbons (Fsp3) is 0.611. The van der Waals surface area contributed by atoms with E-state index in [-0.39, 0.29) is 6.04 Å². The van der Waals surface area contributed by atoms with E-state index in [9.17, 15) is 0 Å². The lowest BCUT2D eigenvalue weighted by atomic mass is 9.98. The fourth-order valence-corrected chi connectivity index (χ4v) is 4.14. The van der Waals surface area contributed by atoms with E-state index in [1.165, 1.54) is 5.56 Å². The van der Waals surface area contributed by atoms with E-state index in [1.807, 2.05) is 0 Å². The molecule has 1 aromatic carbocycles. The third-order valence-electron chi connectivity index (χ3n) is 5.20. The average Bonchev–Trinajstić information content (AvgIpc) is 2.97. The number of hydrogen-bond acceptors (Lipinski definition) is 4. The normalized spacial score (nSPS) is 24.7. The summed E-state index contributed by atoms with van der Waals surface area (Å²) in [7, 11) is 0. The average molecular weight is 334 g/mol. The first-order valence-electron chi connectivity index (χ1n) is 8.65. The Morgan fingerprint density at radius 2 is 1.96 bits per heavy atom. The Hall–Kier alpha value is -1.17. The minimum Gasteiger partial charge on any atom is -0.468 e. The van der Waals surface area contributed by atoms with Gasteiger partial charge in [0.1, 0.15) is 6.61 Å². The molecule has 23 heavy (non-hydrogen) atoms. The lowest BCUT2D eigenvalue weighted by Gasteiger charge is -2.41. The predicted molar refractivity (Wildman–Crippen MR) is 97.3 cm³/mol. The number of thiocarbonyl (C=S) groups is 1. The van der Waals surface area contributed by atoms with Gasteiger partial charge in [-0.1, -0.05) is 30.3 Å². The van der Waals surface area contributed by atoms with Gasteiger partial charge < -0.3 is 20.3 Å². The number of likely N-dealkylation sites (tertiary alicyclic amines) is 1. The van der Waals surface area contributed by atoms with Gasteiger partial charge in [0, 0.05) is 25.2 Å². The Labute approximate surface area is 144 Å². The van der Waals surface area contributed by atoms with Gasteiger partial charge in [0.15, 0.2) is 0 Å². The molecule has 2 aliphatic rings. The highest BCUT2D eigenvalue weighted by Gasteiger charge is 2.38. The van der Waals surface area contributed by atoms with E-state index < -0.39 is 0 Å². The number of piperidine rings is 1. The summed E-state index contributed by atoms with van der Waals surface area (Å²) in [4.78, 5) is 4.90. The van der Waals surface area contributed by atoms with Gasteiger partial charge in [-0.2, -0.15) is 0 Å². The van der Waals surface area contributed by atoms with Gasteiger partial charge in [-0.15, -0.1) is 0 Å². The smallest absolute Gasteiger partial charge is 0.260 e. The molecule has 3 rings (SSSR count). The van der Waals surface area contributed by atoms with Gasteiger partial charge in [0.05, 0.1) is 6.04 Å². The molecule has 5 heteroatoms. The molecule has 0 saturated carbocycles. The molecule has 0 amide bonds. The van der Waals surface area contributed by atoms with Crippen molar-refractivity contribution >= 4 is 17.4 Å². The molecule has 0 bridgehead atoms. The summed E-state index contributed by atoms with van der Waals surface area (Å²) in [6.07, 6.45) is 3.35. The largest absolute Gasteiger partial charge is 0.468 e. The maximum absolute atomic E-state index is 5.73. The lowest BCUT2D eigenvalue weighted by Crippen LogP contribution is -2.48. The maximum Gasteiger partial charge on any atom is 0.260 e. The second-order valence-corrected chi connectivity index (χ2v) is 6.95. The Morgan fingerprint density at radius 1 is 1.26 bits per heavy atom. The van der Waals surface area contributed by atoms with Crippen molar-refractivity contribution in [3.05, 3.63) is 35.9 Å². The third-order valence-corrected chi connectivity index (χ3v) is 5.52. The first kappa shape index (κ1) is 16.7. The quantitative estimate of drug-likeness (QED) is 0.839. The summed E-state index contributed by atoms with van der Waals surface area (Å²) in [6, 6.07) is 11.9. The second-order valence-electron chi connectivity index (χ2n) is 6.60. The van der Waals surface area contributed by atoms with Crippen LogP contribution in [0.3, 0.4) is 0 Å². The highest BCUT2D eigenvalue weighted by molar-refractivity contribution is 7.80. The predicted octanol–water partition coefficient (Wildman–Crippen LogP) is 2.55. The summed E-state index contributed by atoms with van der Waals surface area (Å²) >= 11 is 5.49.